The number of carbonyl (C=O) groups is 1. The van der Waals surface area contributed by atoms with Crippen LogP contribution in [0.2, 0.25) is 0 Å². The predicted octanol–water partition coefficient (Wildman–Crippen LogP) is 4.04. The molecule has 4 aromatic rings. The van der Waals surface area contributed by atoms with Gasteiger partial charge in [0.25, 0.3) is 0 Å². The lowest BCUT2D eigenvalue weighted by molar-refractivity contribution is 0.0697. The summed E-state index contributed by atoms with van der Waals surface area (Å²) in [5, 5.41) is 18.9. The van der Waals surface area contributed by atoms with Crippen molar-refractivity contribution in [1.82, 2.24) is 9.97 Å². The van der Waals surface area contributed by atoms with Crippen molar-refractivity contribution in [3.05, 3.63) is 71.9 Å². The minimum absolute atomic E-state index is 0.0423. The molecule has 0 saturated heterocycles. The molecule has 2 aromatic heterocycles. The zero-order chi connectivity index (χ0) is 18.8. The number of pyridine rings is 1. The van der Waals surface area contributed by atoms with E-state index in [0.29, 0.717) is 28.4 Å². The second-order valence-corrected chi connectivity index (χ2v) is 5.73. The van der Waals surface area contributed by atoms with Crippen molar-refractivity contribution in [2.45, 2.75) is 0 Å². The van der Waals surface area contributed by atoms with E-state index in [0.717, 1.165) is 5.56 Å². The Labute approximate surface area is 153 Å². The predicted molar refractivity (Wildman–Crippen MR) is 99.6 cm³/mol. The van der Waals surface area contributed by atoms with E-state index in [9.17, 15) is 9.90 Å². The molecule has 0 amide bonds. The van der Waals surface area contributed by atoms with Crippen molar-refractivity contribution in [1.29, 1.82) is 0 Å². The third-order valence-corrected chi connectivity index (χ3v) is 3.91. The fraction of sp³-hybridized carbons (Fsp3) is 0. The molecular weight excluding hydrogens is 346 g/mol. The van der Waals surface area contributed by atoms with Crippen molar-refractivity contribution in [3.63, 3.8) is 0 Å². The van der Waals surface area contributed by atoms with Crippen LogP contribution in [0.3, 0.4) is 0 Å². The first kappa shape index (κ1) is 16.5. The average Bonchev–Trinajstić information content (AvgIpc) is 3.12. The van der Waals surface area contributed by atoms with Crippen LogP contribution in [0.4, 0.5) is 5.69 Å². The maximum atomic E-state index is 11.0. The molecule has 2 aromatic carbocycles. The molecule has 0 aliphatic rings. The summed E-state index contributed by atoms with van der Waals surface area (Å²) in [5.41, 5.74) is 2.97. The van der Waals surface area contributed by atoms with Crippen LogP contribution >= 0.6 is 0 Å². The number of aromatic hydroxyl groups is 1. The first-order valence-electron chi connectivity index (χ1n) is 8.02. The van der Waals surface area contributed by atoms with Gasteiger partial charge in [0, 0.05) is 23.5 Å². The number of fused-ring (bicyclic) bond motifs is 1. The number of hydrogen-bond acceptors (Lipinski definition) is 6. The molecule has 0 spiro atoms. The molecule has 0 aliphatic heterocycles. The summed E-state index contributed by atoms with van der Waals surface area (Å²) in [7, 11) is 0. The second-order valence-electron chi connectivity index (χ2n) is 5.73. The number of carboxylic acids is 1. The van der Waals surface area contributed by atoms with Gasteiger partial charge in [-0.05, 0) is 54.6 Å². The number of benzene rings is 2. The fourth-order valence-corrected chi connectivity index (χ4v) is 2.52. The van der Waals surface area contributed by atoms with E-state index in [4.69, 9.17) is 9.52 Å². The number of aromatic carboxylic acids is 1. The molecule has 0 radical (unpaired) electrons. The van der Waals surface area contributed by atoms with Crippen molar-refractivity contribution >= 4 is 29.1 Å². The van der Waals surface area contributed by atoms with Crippen LogP contribution in [0.25, 0.3) is 22.7 Å². The third kappa shape index (κ3) is 3.38. The molecule has 0 atom stereocenters. The highest BCUT2D eigenvalue weighted by Gasteiger charge is 2.09. The molecular formula is C20H13N3O4. The summed E-state index contributed by atoms with van der Waals surface area (Å²) in [6.45, 7) is 0. The van der Waals surface area contributed by atoms with E-state index in [1.165, 1.54) is 24.4 Å². The van der Waals surface area contributed by atoms with E-state index in [1.54, 1.807) is 30.5 Å². The van der Waals surface area contributed by atoms with E-state index < -0.39 is 5.97 Å². The standard InChI is InChI=1S/C20H13N3O4/c24-16-8-5-13(20(25)26)10-14(16)11-22-15-6-3-12(4-7-15)19-23-18-17(27-19)2-1-9-21-18/h1-11,24H,(H,25,26). The van der Waals surface area contributed by atoms with Crippen LogP contribution in [-0.2, 0) is 0 Å². The quantitative estimate of drug-likeness (QED) is 0.532. The van der Waals surface area contributed by atoms with E-state index >= 15 is 0 Å². The number of nitrogens with zero attached hydrogens (tertiary/aromatic N) is 3. The highest BCUT2D eigenvalue weighted by atomic mass is 16.4. The number of phenols is 1. The molecule has 0 aliphatic carbocycles. The van der Waals surface area contributed by atoms with Gasteiger partial charge in [-0.3, -0.25) is 4.99 Å². The Bertz CT molecular complexity index is 1130. The van der Waals surface area contributed by atoms with Crippen LogP contribution in [0.1, 0.15) is 15.9 Å². The lowest BCUT2D eigenvalue weighted by Gasteiger charge is -2.01. The Balaban J connectivity index is 1.58. The molecule has 0 saturated carbocycles. The number of rotatable bonds is 4. The first-order chi connectivity index (χ1) is 13.1. The summed E-state index contributed by atoms with van der Waals surface area (Å²) < 4.78 is 5.67. The Morgan fingerprint density at radius 1 is 1.11 bits per heavy atom. The van der Waals surface area contributed by atoms with Crippen molar-refractivity contribution < 1.29 is 19.4 Å². The van der Waals surface area contributed by atoms with Gasteiger partial charge < -0.3 is 14.6 Å². The number of aromatic nitrogens is 2. The van der Waals surface area contributed by atoms with Gasteiger partial charge in [0.2, 0.25) is 5.89 Å². The summed E-state index contributed by atoms with van der Waals surface area (Å²) in [6.07, 6.45) is 3.07. The molecule has 0 unspecified atom stereocenters. The fourth-order valence-electron chi connectivity index (χ4n) is 2.52. The van der Waals surface area contributed by atoms with Gasteiger partial charge in [0.05, 0.1) is 11.3 Å². The molecule has 27 heavy (non-hydrogen) atoms. The van der Waals surface area contributed by atoms with Crippen LogP contribution in [0.15, 0.2) is 70.2 Å². The van der Waals surface area contributed by atoms with Gasteiger partial charge >= 0.3 is 5.97 Å². The maximum Gasteiger partial charge on any atom is 0.335 e. The topological polar surface area (TPSA) is 109 Å². The zero-order valence-corrected chi connectivity index (χ0v) is 13.9. The van der Waals surface area contributed by atoms with Crippen LogP contribution in [0, 0.1) is 0 Å². The molecule has 2 heterocycles. The Hall–Kier alpha value is -4.00. The Kier molecular flexibility index (Phi) is 4.10. The molecule has 2 N–H and O–H groups in total. The SMILES string of the molecule is O=C(O)c1ccc(O)c(C=Nc2ccc(-c3nc4ncccc4o3)cc2)c1. The second kappa shape index (κ2) is 6.72. The minimum Gasteiger partial charge on any atom is -0.507 e. The van der Waals surface area contributed by atoms with E-state index in [-0.39, 0.29) is 11.3 Å². The van der Waals surface area contributed by atoms with Gasteiger partial charge in [-0.25, -0.2) is 9.78 Å². The molecule has 0 fully saturated rings. The molecule has 132 valence electrons. The molecule has 7 nitrogen and oxygen atoms in total. The molecule has 7 heteroatoms. The van der Waals surface area contributed by atoms with Crippen molar-refractivity contribution in [2.75, 3.05) is 0 Å². The number of phenolic OH excluding ortho intramolecular Hbond substituents is 1. The smallest absolute Gasteiger partial charge is 0.335 e. The largest absolute Gasteiger partial charge is 0.507 e. The number of carboxylic acid groups (broad SMARTS) is 1. The normalized spacial score (nSPS) is 11.3. The van der Waals surface area contributed by atoms with Crippen LogP contribution in [0.5, 0.6) is 5.75 Å². The van der Waals surface area contributed by atoms with Gasteiger partial charge in [-0.1, -0.05) is 0 Å². The van der Waals surface area contributed by atoms with Gasteiger partial charge in [0.1, 0.15) is 5.75 Å². The molecule has 4 rings (SSSR count). The Morgan fingerprint density at radius 3 is 2.67 bits per heavy atom. The van der Waals surface area contributed by atoms with Crippen molar-refractivity contribution in [2.24, 2.45) is 4.99 Å². The maximum absolute atomic E-state index is 11.0. The summed E-state index contributed by atoms with van der Waals surface area (Å²) >= 11 is 0. The summed E-state index contributed by atoms with van der Waals surface area (Å²) in [4.78, 5) is 23.8. The van der Waals surface area contributed by atoms with Gasteiger partial charge in [-0.15, -0.1) is 0 Å². The lowest BCUT2D eigenvalue weighted by Crippen LogP contribution is -1.97. The number of oxazole rings is 1. The Morgan fingerprint density at radius 2 is 1.93 bits per heavy atom. The van der Waals surface area contributed by atoms with E-state index in [1.807, 2.05) is 12.1 Å². The third-order valence-electron chi connectivity index (χ3n) is 3.91. The monoisotopic (exact) mass is 359 g/mol. The molecule has 0 bridgehead atoms. The van der Waals surface area contributed by atoms with Crippen LogP contribution in [-0.4, -0.2) is 32.4 Å². The van der Waals surface area contributed by atoms with Gasteiger partial charge in [-0.2, -0.15) is 4.98 Å². The summed E-state index contributed by atoms with van der Waals surface area (Å²) in [6, 6.07) is 14.8. The zero-order valence-electron chi connectivity index (χ0n) is 13.9. The number of hydrogen-bond donors (Lipinski definition) is 2. The lowest BCUT2D eigenvalue weighted by atomic mass is 10.1. The summed E-state index contributed by atoms with van der Waals surface area (Å²) in [5.74, 6) is -0.646. The van der Waals surface area contributed by atoms with E-state index in [2.05, 4.69) is 15.0 Å². The number of aliphatic imine (C=N–C) groups is 1. The first-order valence-corrected chi connectivity index (χ1v) is 8.02. The minimum atomic E-state index is -1.07. The van der Waals surface area contributed by atoms with Crippen molar-refractivity contribution in [3.8, 4) is 17.2 Å². The highest BCUT2D eigenvalue weighted by Crippen LogP contribution is 2.25. The highest BCUT2D eigenvalue weighted by molar-refractivity contribution is 5.93. The van der Waals surface area contributed by atoms with Gasteiger partial charge in [0.15, 0.2) is 11.2 Å². The van der Waals surface area contributed by atoms with Crippen LogP contribution < -0.4 is 0 Å². The average molecular weight is 359 g/mol.